The number of carbonyl (C=O) groups is 1. The highest BCUT2D eigenvalue weighted by Gasteiger charge is 2.31. The first-order chi connectivity index (χ1) is 14.5. The Kier molecular flexibility index (Phi) is 7.96. The summed E-state index contributed by atoms with van der Waals surface area (Å²) < 4.78 is 0. The van der Waals surface area contributed by atoms with E-state index in [0.29, 0.717) is 19.3 Å². The smallest absolute Gasteiger partial charge is 0.407 e. The minimum Gasteiger partial charge on any atom is -0.465 e. The summed E-state index contributed by atoms with van der Waals surface area (Å²) in [4.78, 5) is 18.3. The molecule has 0 aliphatic heterocycles. The Hall–Kier alpha value is -2.74. The first-order valence-corrected chi connectivity index (χ1v) is 10.8. The average molecular weight is 426 g/mol. The summed E-state index contributed by atoms with van der Waals surface area (Å²) in [6.45, 7) is 0.183. The molecule has 6 nitrogen and oxygen atoms in total. The van der Waals surface area contributed by atoms with Crippen molar-refractivity contribution in [3.8, 4) is 0 Å². The molecule has 0 fully saturated rings. The summed E-state index contributed by atoms with van der Waals surface area (Å²) in [5.41, 5.74) is 10.1. The van der Waals surface area contributed by atoms with Gasteiger partial charge in [0, 0.05) is 17.1 Å². The van der Waals surface area contributed by atoms with Crippen LogP contribution in [0.3, 0.4) is 0 Å². The van der Waals surface area contributed by atoms with Gasteiger partial charge in [0.1, 0.15) is 0 Å². The molecule has 158 valence electrons. The molecule has 7 heteroatoms. The zero-order valence-electron chi connectivity index (χ0n) is 16.7. The van der Waals surface area contributed by atoms with E-state index in [1.807, 2.05) is 60.7 Å². The molecule has 0 spiro atoms. The van der Waals surface area contributed by atoms with Gasteiger partial charge in [0.15, 0.2) is 0 Å². The first-order valence-electron chi connectivity index (χ1n) is 9.91. The summed E-state index contributed by atoms with van der Waals surface area (Å²) in [5.74, 6) is 0. The molecule has 0 aliphatic rings. The second-order valence-electron chi connectivity index (χ2n) is 7.39. The van der Waals surface area contributed by atoms with Crippen molar-refractivity contribution < 1.29 is 15.0 Å². The minimum atomic E-state index is -1.07. The normalized spacial score (nSPS) is 14.1. The van der Waals surface area contributed by atoms with E-state index in [4.69, 9.17) is 5.73 Å². The number of aliphatic hydroxyl groups is 1. The highest BCUT2D eigenvalue weighted by atomic mass is 32.1. The van der Waals surface area contributed by atoms with Crippen molar-refractivity contribution in [1.29, 1.82) is 0 Å². The lowest BCUT2D eigenvalue weighted by Crippen LogP contribution is -2.49. The van der Waals surface area contributed by atoms with Crippen molar-refractivity contribution >= 4 is 17.4 Å². The van der Waals surface area contributed by atoms with Gasteiger partial charge in [0.2, 0.25) is 0 Å². The molecule has 2 aromatic carbocycles. The Balaban J connectivity index is 1.77. The van der Waals surface area contributed by atoms with Crippen LogP contribution in [0.15, 0.2) is 72.4 Å². The SMILES string of the molecule is N[C@@H](Cc1ccccc1)C[C@H](O)[C@H](Cc1ccccc1)N(Cc1cncs1)C(=O)O. The van der Waals surface area contributed by atoms with Gasteiger partial charge in [-0.15, -0.1) is 11.3 Å². The van der Waals surface area contributed by atoms with Crippen molar-refractivity contribution in [2.45, 2.75) is 44.0 Å². The van der Waals surface area contributed by atoms with Gasteiger partial charge < -0.3 is 15.9 Å². The maximum atomic E-state index is 12.1. The van der Waals surface area contributed by atoms with Gasteiger partial charge in [-0.25, -0.2) is 4.79 Å². The number of nitrogens with two attached hydrogens (primary N) is 1. The minimum absolute atomic E-state index is 0.183. The van der Waals surface area contributed by atoms with Crippen LogP contribution in [0.25, 0.3) is 0 Å². The molecule has 0 bridgehead atoms. The molecule has 0 unspecified atom stereocenters. The number of benzene rings is 2. The molecule has 1 aromatic heterocycles. The Morgan fingerprint density at radius 2 is 1.63 bits per heavy atom. The van der Waals surface area contributed by atoms with Crippen LogP contribution in [0.5, 0.6) is 0 Å². The van der Waals surface area contributed by atoms with E-state index >= 15 is 0 Å². The van der Waals surface area contributed by atoms with Gasteiger partial charge in [-0.2, -0.15) is 0 Å². The molecule has 0 radical (unpaired) electrons. The van der Waals surface area contributed by atoms with Crippen molar-refractivity contribution in [3.63, 3.8) is 0 Å². The molecule has 1 heterocycles. The number of rotatable bonds is 10. The third-order valence-electron chi connectivity index (χ3n) is 5.07. The van der Waals surface area contributed by atoms with E-state index in [2.05, 4.69) is 4.98 Å². The lowest BCUT2D eigenvalue weighted by Gasteiger charge is -2.34. The number of aromatic nitrogens is 1. The monoisotopic (exact) mass is 425 g/mol. The Morgan fingerprint density at radius 1 is 1.03 bits per heavy atom. The molecular formula is C23H27N3O3S. The topological polar surface area (TPSA) is 99.7 Å². The standard InChI is InChI=1S/C23H27N3O3S/c24-19(11-17-7-3-1-4-8-17)13-22(27)21(12-18-9-5-2-6-10-18)26(23(28)29)15-20-14-25-16-30-20/h1-10,14,16,19,21-22,27H,11-13,15,24H2,(H,28,29)/t19-,21-,22-/m0/s1. The molecule has 0 aliphatic carbocycles. The molecule has 3 atom stereocenters. The molecular weight excluding hydrogens is 398 g/mol. The van der Waals surface area contributed by atoms with E-state index in [9.17, 15) is 15.0 Å². The number of thiazole rings is 1. The third-order valence-corrected chi connectivity index (χ3v) is 5.84. The Labute approximate surface area is 180 Å². The van der Waals surface area contributed by atoms with E-state index in [1.54, 1.807) is 11.7 Å². The Bertz CT molecular complexity index is 891. The van der Waals surface area contributed by atoms with Gasteiger partial charge >= 0.3 is 6.09 Å². The molecule has 0 saturated heterocycles. The van der Waals surface area contributed by atoms with Gasteiger partial charge in [0.25, 0.3) is 0 Å². The largest absolute Gasteiger partial charge is 0.465 e. The van der Waals surface area contributed by atoms with E-state index < -0.39 is 18.2 Å². The summed E-state index contributed by atoms with van der Waals surface area (Å²) in [5, 5.41) is 21.0. The second-order valence-corrected chi connectivity index (χ2v) is 8.36. The number of hydrogen-bond acceptors (Lipinski definition) is 5. The zero-order valence-corrected chi connectivity index (χ0v) is 17.5. The predicted molar refractivity (Wildman–Crippen MR) is 118 cm³/mol. The van der Waals surface area contributed by atoms with Crippen molar-refractivity contribution in [2.75, 3.05) is 0 Å². The number of hydrogen-bond donors (Lipinski definition) is 3. The lowest BCUT2D eigenvalue weighted by molar-refractivity contribution is 0.0366. The van der Waals surface area contributed by atoms with E-state index in [0.717, 1.165) is 16.0 Å². The molecule has 30 heavy (non-hydrogen) atoms. The fourth-order valence-corrected chi connectivity index (χ4v) is 4.18. The molecule has 1 amide bonds. The summed E-state index contributed by atoms with van der Waals surface area (Å²) in [6.07, 6.45) is 1.03. The summed E-state index contributed by atoms with van der Waals surface area (Å²) in [6, 6.07) is 18.6. The predicted octanol–water partition coefficient (Wildman–Crippen LogP) is 3.56. The van der Waals surface area contributed by atoms with Gasteiger partial charge in [-0.05, 0) is 30.4 Å². The number of amides is 1. The molecule has 3 rings (SSSR count). The maximum Gasteiger partial charge on any atom is 0.407 e. The Morgan fingerprint density at radius 3 is 2.17 bits per heavy atom. The fraction of sp³-hybridized carbons (Fsp3) is 0.304. The van der Waals surface area contributed by atoms with Gasteiger partial charge in [-0.1, -0.05) is 60.7 Å². The second kappa shape index (κ2) is 10.9. The highest BCUT2D eigenvalue weighted by Crippen LogP contribution is 2.21. The van der Waals surface area contributed by atoms with Crippen LogP contribution in [0.4, 0.5) is 4.79 Å². The van der Waals surface area contributed by atoms with Gasteiger partial charge in [-0.3, -0.25) is 9.88 Å². The van der Waals surface area contributed by atoms with Crippen LogP contribution < -0.4 is 5.73 Å². The molecule has 4 N–H and O–H groups in total. The van der Waals surface area contributed by atoms with Crippen LogP contribution in [0.2, 0.25) is 0 Å². The van der Waals surface area contributed by atoms with Gasteiger partial charge in [0.05, 0.1) is 24.2 Å². The number of carboxylic acid groups (broad SMARTS) is 1. The molecule has 3 aromatic rings. The van der Waals surface area contributed by atoms with E-state index in [1.165, 1.54) is 16.2 Å². The van der Waals surface area contributed by atoms with Crippen molar-refractivity contribution in [1.82, 2.24) is 9.88 Å². The quantitative estimate of drug-likeness (QED) is 0.461. The number of aliphatic hydroxyl groups excluding tert-OH is 1. The average Bonchev–Trinajstić information content (AvgIpc) is 3.25. The van der Waals surface area contributed by atoms with Crippen LogP contribution in [-0.4, -0.2) is 44.4 Å². The third kappa shape index (κ3) is 6.38. The van der Waals surface area contributed by atoms with Crippen LogP contribution in [-0.2, 0) is 19.4 Å². The highest BCUT2D eigenvalue weighted by molar-refractivity contribution is 7.09. The maximum absolute atomic E-state index is 12.1. The molecule has 0 saturated carbocycles. The summed E-state index contributed by atoms with van der Waals surface area (Å²) in [7, 11) is 0. The van der Waals surface area contributed by atoms with Crippen molar-refractivity contribution in [3.05, 3.63) is 88.4 Å². The van der Waals surface area contributed by atoms with Crippen LogP contribution in [0.1, 0.15) is 22.4 Å². The zero-order chi connectivity index (χ0) is 21.3. The fourth-order valence-electron chi connectivity index (χ4n) is 3.59. The lowest BCUT2D eigenvalue weighted by atomic mass is 9.93. The van der Waals surface area contributed by atoms with E-state index in [-0.39, 0.29) is 12.6 Å². The van der Waals surface area contributed by atoms with Crippen LogP contribution in [0, 0.1) is 0 Å². The van der Waals surface area contributed by atoms with Crippen LogP contribution >= 0.6 is 11.3 Å². The summed E-state index contributed by atoms with van der Waals surface area (Å²) >= 11 is 1.40. The number of nitrogens with zero attached hydrogens (tertiary/aromatic N) is 2. The first kappa shape index (κ1) is 22.0. The van der Waals surface area contributed by atoms with Crippen molar-refractivity contribution in [2.24, 2.45) is 5.73 Å².